The van der Waals surface area contributed by atoms with Gasteiger partial charge in [-0.05, 0) is 54.9 Å². The molecule has 0 amide bonds. The highest BCUT2D eigenvalue weighted by molar-refractivity contribution is 9.10. The molecule has 18 heavy (non-hydrogen) atoms. The predicted molar refractivity (Wildman–Crippen MR) is 72.1 cm³/mol. The summed E-state index contributed by atoms with van der Waals surface area (Å²) in [4.78, 5) is 10.4. The zero-order chi connectivity index (χ0) is 13.1. The Bertz CT molecular complexity index is 459. The van der Waals surface area contributed by atoms with E-state index in [0.717, 1.165) is 25.9 Å². The lowest BCUT2D eigenvalue weighted by Gasteiger charge is -2.24. The number of nitrogens with one attached hydrogen (secondary N) is 1. The quantitative estimate of drug-likeness (QED) is 0.688. The van der Waals surface area contributed by atoms with Crippen molar-refractivity contribution in [3.8, 4) is 5.75 Å². The average Bonchev–Trinajstić information content (AvgIpc) is 2.34. The Morgan fingerprint density at radius 1 is 1.44 bits per heavy atom. The molecule has 1 heterocycles. The van der Waals surface area contributed by atoms with Gasteiger partial charge in [-0.1, -0.05) is 0 Å². The second-order valence-electron chi connectivity index (χ2n) is 4.39. The van der Waals surface area contributed by atoms with Gasteiger partial charge < -0.3 is 10.1 Å². The summed E-state index contributed by atoms with van der Waals surface area (Å²) < 4.78 is 6.53. The average molecular weight is 315 g/mol. The van der Waals surface area contributed by atoms with E-state index in [-0.39, 0.29) is 16.7 Å². The Kier molecular flexibility index (Phi) is 4.19. The molecule has 1 fully saturated rings. The molecule has 1 saturated heterocycles. The van der Waals surface area contributed by atoms with Gasteiger partial charge in [0, 0.05) is 11.6 Å². The minimum Gasteiger partial charge on any atom is -0.489 e. The standard InChI is InChI=1S/C12H15BrN2O3/c1-8-6-12(10(13)7-11(8)15(16)17)18-9-2-4-14-5-3-9/h6-7,9,14H,2-5H2,1H3. The first-order valence-corrected chi connectivity index (χ1v) is 6.69. The van der Waals surface area contributed by atoms with E-state index in [2.05, 4.69) is 21.2 Å². The van der Waals surface area contributed by atoms with Crippen molar-refractivity contribution in [2.75, 3.05) is 13.1 Å². The molecule has 0 bridgehead atoms. The maximum Gasteiger partial charge on any atom is 0.273 e. The maximum atomic E-state index is 10.8. The van der Waals surface area contributed by atoms with Crippen LogP contribution in [-0.2, 0) is 0 Å². The molecule has 1 aliphatic rings. The van der Waals surface area contributed by atoms with Gasteiger partial charge in [-0.3, -0.25) is 10.1 Å². The molecule has 0 unspecified atom stereocenters. The lowest BCUT2D eigenvalue weighted by molar-refractivity contribution is -0.385. The summed E-state index contributed by atoms with van der Waals surface area (Å²) in [6, 6.07) is 3.23. The SMILES string of the molecule is Cc1cc(OC2CCNCC2)c(Br)cc1[N+](=O)[O-]. The first kappa shape index (κ1) is 13.3. The second-order valence-corrected chi connectivity index (χ2v) is 5.25. The van der Waals surface area contributed by atoms with Gasteiger partial charge in [0.25, 0.3) is 5.69 Å². The van der Waals surface area contributed by atoms with Crippen LogP contribution in [0.15, 0.2) is 16.6 Å². The van der Waals surface area contributed by atoms with Crippen molar-refractivity contribution in [1.82, 2.24) is 5.32 Å². The number of nitro benzene ring substituents is 1. The molecule has 6 heteroatoms. The van der Waals surface area contributed by atoms with E-state index in [1.165, 1.54) is 6.07 Å². The molecular weight excluding hydrogens is 300 g/mol. The highest BCUT2D eigenvalue weighted by atomic mass is 79.9. The molecule has 0 spiro atoms. The Hall–Kier alpha value is -1.14. The summed E-state index contributed by atoms with van der Waals surface area (Å²) >= 11 is 3.33. The second kappa shape index (κ2) is 5.67. The van der Waals surface area contributed by atoms with Crippen molar-refractivity contribution in [1.29, 1.82) is 0 Å². The van der Waals surface area contributed by atoms with Gasteiger partial charge in [0.1, 0.15) is 11.9 Å². The Labute approximate surface area is 114 Å². The fourth-order valence-electron chi connectivity index (χ4n) is 2.02. The number of halogens is 1. The minimum absolute atomic E-state index is 0.111. The molecule has 98 valence electrons. The van der Waals surface area contributed by atoms with Gasteiger partial charge in [-0.2, -0.15) is 0 Å². The third-order valence-corrected chi connectivity index (χ3v) is 3.65. The highest BCUT2D eigenvalue weighted by Gasteiger charge is 2.19. The van der Waals surface area contributed by atoms with Crippen LogP contribution in [0.3, 0.4) is 0 Å². The van der Waals surface area contributed by atoms with Crippen molar-refractivity contribution in [2.24, 2.45) is 0 Å². The fourth-order valence-corrected chi connectivity index (χ4v) is 2.45. The number of ether oxygens (including phenoxy) is 1. The molecule has 2 rings (SSSR count). The molecule has 1 aromatic rings. The summed E-state index contributed by atoms with van der Waals surface area (Å²) in [6.07, 6.45) is 2.11. The normalized spacial score (nSPS) is 16.6. The highest BCUT2D eigenvalue weighted by Crippen LogP contribution is 2.33. The van der Waals surface area contributed by atoms with Gasteiger partial charge in [0.15, 0.2) is 0 Å². The summed E-state index contributed by atoms with van der Waals surface area (Å²) in [5.41, 5.74) is 0.728. The molecule has 0 saturated carbocycles. The van der Waals surface area contributed by atoms with Crippen LogP contribution in [-0.4, -0.2) is 24.1 Å². The number of piperidine rings is 1. The zero-order valence-electron chi connectivity index (χ0n) is 10.1. The van der Waals surface area contributed by atoms with E-state index in [9.17, 15) is 10.1 Å². The first-order chi connectivity index (χ1) is 8.58. The summed E-state index contributed by atoms with van der Waals surface area (Å²) in [7, 11) is 0. The van der Waals surface area contributed by atoms with E-state index in [1.54, 1.807) is 13.0 Å². The third-order valence-electron chi connectivity index (χ3n) is 3.03. The van der Waals surface area contributed by atoms with Crippen LogP contribution in [0.25, 0.3) is 0 Å². The number of hydrogen-bond acceptors (Lipinski definition) is 4. The van der Waals surface area contributed by atoms with Crippen LogP contribution < -0.4 is 10.1 Å². The van der Waals surface area contributed by atoms with Crippen molar-refractivity contribution >= 4 is 21.6 Å². The van der Waals surface area contributed by atoms with Crippen molar-refractivity contribution < 1.29 is 9.66 Å². The third kappa shape index (κ3) is 3.00. The van der Waals surface area contributed by atoms with Crippen LogP contribution >= 0.6 is 15.9 Å². The molecule has 1 N–H and O–H groups in total. The zero-order valence-corrected chi connectivity index (χ0v) is 11.7. The van der Waals surface area contributed by atoms with Gasteiger partial charge >= 0.3 is 0 Å². The molecule has 0 radical (unpaired) electrons. The maximum absolute atomic E-state index is 10.8. The van der Waals surface area contributed by atoms with Gasteiger partial charge in [0.05, 0.1) is 9.40 Å². The van der Waals surface area contributed by atoms with E-state index < -0.39 is 0 Å². The number of nitrogens with zero attached hydrogens (tertiary/aromatic N) is 1. The Balaban J connectivity index is 2.18. The summed E-state index contributed by atoms with van der Waals surface area (Å²) in [6.45, 7) is 3.63. The van der Waals surface area contributed by atoms with E-state index in [4.69, 9.17) is 4.74 Å². The van der Waals surface area contributed by atoms with Crippen molar-refractivity contribution in [3.63, 3.8) is 0 Å². The van der Waals surface area contributed by atoms with E-state index in [0.29, 0.717) is 15.8 Å². The number of nitro groups is 1. The predicted octanol–water partition coefficient (Wildman–Crippen LogP) is 2.80. The number of aryl methyl sites for hydroxylation is 1. The molecule has 1 aliphatic heterocycles. The first-order valence-electron chi connectivity index (χ1n) is 5.90. The van der Waals surface area contributed by atoms with E-state index >= 15 is 0 Å². The molecular formula is C12H15BrN2O3. The topological polar surface area (TPSA) is 64.4 Å². The Morgan fingerprint density at radius 3 is 2.72 bits per heavy atom. The number of rotatable bonds is 3. The molecule has 0 aromatic heterocycles. The van der Waals surface area contributed by atoms with Gasteiger partial charge in [0.2, 0.25) is 0 Å². The lowest BCUT2D eigenvalue weighted by atomic mass is 10.1. The number of hydrogen-bond donors (Lipinski definition) is 1. The fraction of sp³-hybridized carbons (Fsp3) is 0.500. The smallest absolute Gasteiger partial charge is 0.273 e. The minimum atomic E-state index is -0.381. The van der Waals surface area contributed by atoms with Crippen molar-refractivity contribution in [2.45, 2.75) is 25.9 Å². The number of benzene rings is 1. The van der Waals surface area contributed by atoms with Gasteiger partial charge in [-0.15, -0.1) is 0 Å². The van der Waals surface area contributed by atoms with Crippen LogP contribution in [0, 0.1) is 17.0 Å². The molecule has 1 aromatic carbocycles. The van der Waals surface area contributed by atoms with Crippen LogP contribution in [0.4, 0.5) is 5.69 Å². The summed E-state index contributed by atoms with van der Waals surface area (Å²) in [5.74, 6) is 0.685. The van der Waals surface area contributed by atoms with Gasteiger partial charge in [-0.25, -0.2) is 0 Å². The van der Waals surface area contributed by atoms with Crippen LogP contribution in [0.5, 0.6) is 5.75 Å². The van der Waals surface area contributed by atoms with Crippen molar-refractivity contribution in [3.05, 3.63) is 32.3 Å². The van der Waals surface area contributed by atoms with E-state index in [1.807, 2.05) is 0 Å². The lowest BCUT2D eigenvalue weighted by Crippen LogP contribution is -2.34. The molecule has 0 aliphatic carbocycles. The molecule has 5 nitrogen and oxygen atoms in total. The largest absolute Gasteiger partial charge is 0.489 e. The van der Waals surface area contributed by atoms with Crippen LogP contribution in [0.2, 0.25) is 0 Å². The van der Waals surface area contributed by atoms with Crippen LogP contribution in [0.1, 0.15) is 18.4 Å². The summed E-state index contributed by atoms with van der Waals surface area (Å²) in [5, 5.41) is 14.1. The Morgan fingerprint density at radius 2 is 2.11 bits per heavy atom. The molecule has 0 atom stereocenters. The monoisotopic (exact) mass is 314 g/mol.